The quantitative estimate of drug-likeness (QED) is 0.179. The van der Waals surface area contributed by atoms with Crippen molar-refractivity contribution in [1.29, 1.82) is 0 Å². The first-order valence-corrected chi connectivity index (χ1v) is 17.0. The molecule has 0 atom stereocenters. The summed E-state index contributed by atoms with van der Waals surface area (Å²) in [6.45, 7) is 0. The zero-order valence-corrected chi connectivity index (χ0v) is 27.4. The van der Waals surface area contributed by atoms with Crippen molar-refractivity contribution < 1.29 is 4.74 Å². The predicted octanol–water partition coefficient (Wildman–Crippen LogP) is 13.6. The number of hydrogen-bond acceptors (Lipinski definition) is 2. The van der Waals surface area contributed by atoms with Gasteiger partial charge in [0, 0.05) is 33.8 Å². The van der Waals surface area contributed by atoms with Crippen LogP contribution in [0.3, 0.4) is 0 Å². The highest BCUT2D eigenvalue weighted by Gasteiger charge is 2.25. The first-order chi connectivity index (χ1) is 24.8. The van der Waals surface area contributed by atoms with E-state index in [2.05, 4.69) is 199 Å². The second-order valence-corrected chi connectivity index (χ2v) is 12.5. The molecule has 0 spiro atoms. The lowest BCUT2D eigenvalue weighted by atomic mass is 9.92. The number of nitrogens with zero attached hydrogens (tertiary/aromatic N) is 1. The molecule has 0 saturated carbocycles. The molecule has 0 fully saturated rings. The zero-order valence-electron chi connectivity index (χ0n) is 27.4. The third-order valence-corrected chi connectivity index (χ3v) is 9.51. The fourth-order valence-electron chi connectivity index (χ4n) is 7.04. The van der Waals surface area contributed by atoms with Gasteiger partial charge in [0.2, 0.25) is 0 Å². The molecule has 0 aromatic heterocycles. The Morgan fingerprint density at radius 2 is 0.700 bits per heavy atom. The molecule has 0 aliphatic carbocycles. The van der Waals surface area contributed by atoms with Crippen LogP contribution in [-0.4, -0.2) is 0 Å². The normalized spacial score (nSPS) is 11.4. The van der Waals surface area contributed by atoms with Crippen LogP contribution in [0, 0.1) is 0 Å². The van der Waals surface area contributed by atoms with Gasteiger partial charge in [-0.3, -0.25) is 0 Å². The van der Waals surface area contributed by atoms with Crippen LogP contribution in [0.5, 0.6) is 11.5 Å². The molecular formula is C48H33NO. The summed E-state index contributed by atoms with van der Waals surface area (Å²) in [4.78, 5) is 2.33. The second kappa shape index (κ2) is 12.8. The van der Waals surface area contributed by atoms with Crippen LogP contribution >= 0.6 is 0 Å². The monoisotopic (exact) mass is 639 g/mol. The highest BCUT2D eigenvalue weighted by atomic mass is 16.5. The van der Waals surface area contributed by atoms with Crippen molar-refractivity contribution in [3.8, 4) is 67.1 Å². The maximum Gasteiger partial charge on any atom is 0.143 e. The van der Waals surface area contributed by atoms with Gasteiger partial charge in [-0.05, 0) is 81.4 Å². The molecule has 50 heavy (non-hydrogen) atoms. The van der Waals surface area contributed by atoms with Gasteiger partial charge < -0.3 is 9.64 Å². The van der Waals surface area contributed by atoms with E-state index in [1.54, 1.807) is 0 Å². The summed E-state index contributed by atoms with van der Waals surface area (Å²) >= 11 is 0. The van der Waals surface area contributed by atoms with Crippen LogP contribution < -0.4 is 9.64 Å². The predicted molar refractivity (Wildman–Crippen MR) is 208 cm³/mol. The molecule has 1 aliphatic rings. The van der Waals surface area contributed by atoms with Gasteiger partial charge in [-0.1, -0.05) is 158 Å². The maximum atomic E-state index is 6.93. The Balaban J connectivity index is 1.19. The summed E-state index contributed by atoms with van der Waals surface area (Å²) in [6, 6.07) is 70.9. The SMILES string of the molecule is c1ccc(-c2ccc(N(c3ccc(-c4ccccc4)cc3)c3ccc4c(c3)-c3ccccc3-c3cccc(-c5ccccc5)c3O4)cc2)cc1. The molecule has 0 amide bonds. The number of hydrogen-bond donors (Lipinski definition) is 0. The van der Waals surface area contributed by atoms with Crippen molar-refractivity contribution in [2.24, 2.45) is 0 Å². The largest absolute Gasteiger partial charge is 0.455 e. The molecule has 0 N–H and O–H groups in total. The molecule has 9 rings (SSSR count). The number of para-hydroxylation sites is 1. The average Bonchev–Trinajstić information content (AvgIpc) is 3.34. The fourth-order valence-corrected chi connectivity index (χ4v) is 7.04. The van der Waals surface area contributed by atoms with Gasteiger partial charge >= 0.3 is 0 Å². The third-order valence-electron chi connectivity index (χ3n) is 9.51. The molecule has 0 saturated heterocycles. The van der Waals surface area contributed by atoms with Gasteiger partial charge in [0.05, 0.1) is 0 Å². The van der Waals surface area contributed by atoms with Crippen LogP contribution in [0.1, 0.15) is 0 Å². The van der Waals surface area contributed by atoms with Crippen LogP contribution in [0.25, 0.3) is 55.6 Å². The Morgan fingerprint density at radius 3 is 1.26 bits per heavy atom. The van der Waals surface area contributed by atoms with Crippen LogP contribution in [-0.2, 0) is 0 Å². The molecule has 2 nitrogen and oxygen atoms in total. The molecule has 0 bridgehead atoms. The van der Waals surface area contributed by atoms with E-state index in [1.165, 1.54) is 22.3 Å². The Kier molecular flexibility index (Phi) is 7.53. The van der Waals surface area contributed by atoms with E-state index in [4.69, 9.17) is 4.74 Å². The van der Waals surface area contributed by atoms with Gasteiger partial charge in [0.1, 0.15) is 11.5 Å². The molecule has 2 heteroatoms. The minimum absolute atomic E-state index is 0.835. The van der Waals surface area contributed by atoms with Crippen molar-refractivity contribution in [1.82, 2.24) is 0 Å². The zero-order chi connectivity index (χ0) is 33.3. The smallest absolute Gasteiger partial charge is 0.143 e. The van der Waals surface area contributed by atoms with E-state index in [9.17, 15) is 0 Å². The highest BCUT2D eigenvalue weighted by molar-refractivity contribution is 5.95. The van der Waals surface area contributed by atoms with Crippen molar-refractivity contribution >= 4 is 17.1 Å². The van der Waals surface area contributed by atoms with Crippen LogP contribution in [0.15, 0.2) is 200 Å². The topological polar surface area (TPSA) is 12.5 Å². The molecular weight excluding hydrogens is 607 g/mol. The van der Waals surface area contributed by atoms with Gasteiger partial charge in [-0.25, -0.2) is 0 Å². The average molecular weight is 640 g/mol. The van der Waals surface area contributed by atoms with Crippen molar-refractivity contribution in [3.05, 3.63) is 200 Å². The number of fused-ring (bicyclic) bond motifs is 5. The molecule has 8 aromatic rings. The summed E-state index contributed by atoms with van der Waals surface area (Å²) in [7, 11) is 0. The Labute approximate surface area is 293 Å². The number of benzene rings is 8. The molecule has 0 radical (unpaired) electrons. The Morgan fingerprint density at radius 1 is 0.280 bits per heavy atom. The summed E-state index contributed by atoms with van der Waals surface area (Å²) in [5, 5.41) is 0. The lowest BCUT2D eigenvalue weighted by Crippen LogP contribution is -2.10. The molecule has 8 aromatic carbocycles. The molecule has 1 aliphatic heterocycles. The van der Waals surface area contributed by atoms with E-state index in [1.807, 2.05) is 6.07 Å². The fraction of sp³-hybridized carbons (Fsp3) is 0. The first-order valence-electron chi connectivity index (χ1n) is 17.0. The van der Waals surface area contributed by atoms with E-state index >= 15 is 0 Å². The minimum Gasteiger partial charge on any atom is -0.455 e. The summed E-state index contributed by atoms with van der Waals surface area (Å²) in [5.74, 6) is 1.71. The second-order valence-electron chi connectivity index (χ2n) is 12.5. The van der Waals surface area contributed by atoms with Gasteiger partial charge in [0.15, 0.2) is 0 Å². The Hall–Kier alpha value is -6.64. The van der Waals surface area contributed by atoms with Gasteiger partial charge in [0.25, 0.3) is 0 Å². The van der Waals surface area contributed by atoms with E-state index < -0.39 is 0 Å². The standard InChI is InChI=1S/C48H33NO/c1-4-13-34(14-5-1)36-23-27-39(28-24-36)49(40-29-25-37(26-30-40)35-15-6-2-7-16-35)41-31-32-47-46(33-41)44-20-11-10-19-43(44)45-22-12-21-42(48(45)50-47)38-17-8-3-9-18-38/h1-33H. The van der Waals surface area contributed by atoms with Crippen LogP contribution in [0.2, 0.25) is 0 Å². The summed E-state index contributed by atoms with van der Waals surface area (Å²) in [5.41, 5.74) is 14.6. The summed E-state index contributed by atoms with van der Waals surface area (Å²) in [6.07, 6.45) is 0. The third kappa shape index (κ3) is 5.43. The highest BCUT2D eigenvalue weighted by Crippen LogP contribution is 2.51. The number of ether oxygens (including phenoxy) is 1. The van der Waals surface area contributed by atoms with E-state index in [0.29, 0.717) is 0 Å². The van der Waals surface area contributed by atoms with Crippen LogP contribution in [0.4, 0.5) is 17.1 Å². The van der Waals surface area contributed by atoms with Crippen molar-refractivity contribution in [3.63, 3.8) is 0 Å². The molecule has 1 heterocycles. The Bertz CT molecular complexity index is 2330. The lowest BCUT2D eigenvalue weighted by molar-refractivity contribution is 0.489. The summed E-state index contributed by atoms with van der Waals surface area (Å²) < 4.78 is 6.93. The maximum absolute atomic E-state index is 6.93. The van der Waals surface area contributed by atoms with Crippen molar-refractivity contribution in [2.75, 3.05) is 4.90 Å². The van der Waals surface area contributed by atoms with E-state index in [0.717, 1.165) is 61.9 Å². The first kappa shape index (κ1) is 29.5. The minimum atomic E-state index is 0.835. The van der Waals surface area contributed by atoms with E-state index in [-0.39, 0.29) is 0 Å². The van der Waals surface area contributed by atoms with Gasteiger partial charge in [-0.15, -0.1) is 0 Å². The van der Waals surface area contributed by atoms with Crippen molar-refractivity contribution in [2.45, 2.75) is 0 Å². The van der Waals surface area contributed by atoms with Gasteiger partial charge in [-0.2, -0.15) is 0 Å². The number of anilines is 3. The lowest BCUT2D eigenvalue weighted by Gasteiger charge is -2.27. The molecule has 0 unspecified atom stereocenters. The molecule has 236 valence electrons. The number of rotatable bonds is 6.